The Kier molecular flexibility index (Phi) is 30.9. The molecular weight excluding hydrogens is 636 g/mol. The van der Waals surface area contributed by atoms with Crippen LogP contribution >= 0.6 is 0 Å². The van der Waals surface area contributed by atoms with Crippen LogP contribution < -0.4 is 0 Å². The third-order valence-electron chi connectivity index (χ3n) is 9.01. The Morgan fingerprint density at radius 2 is 1.20 bits per heavy atom. The van der Waals surface area contributed by atoms with Crippen LogP contribution in [0.1, 0.15) is 155 Å². The molecule has 0 aromatic heterocycles. The molecule has 0 radical (unpaired) electrons. The highest BCUT2D eigenvalue weighted by atomic mass is 16.7. The molecule has 0 amide bonds. The van der Waals surface area contributed by atoms with Crippen LogP contribution in [0, 0.1) is 0 Å². The topological polar surface area (TPSA) is 135 Å². The zero-order chi connectivity index (χ0) is 36.5. The predicted molar refractivity (Wildman–Crippen MR) is 201 cm³/mol. The van der Waals surface area contributed by atoms with E-state index in [1.54, 1.807) is 0 Å². The van der Waals surface area contributed by atoms with Crippen LogP contribution in [0.25, 0.3) is 0 Å². The van der Waals surface area contributed by atoms with E-state index in [4.69, 9.17) is 18.9 Å². The lowest BCUT2D eigenvalue weighted by Crippen LogP contribution is -2.59. The number of hydrogen-bond donors (Lipinski definition) is 4. The predicted octanol–water partition coefficient (Wildman–Crippen LogP) is 8.02. The van der Waals surface area contributed by atoms with Crippen LogP contribution in [-0.4, -0.2) is 89.6 Å². The van der Waals surface area contributed by atoms with Crippen molar-refractivity contribution in [1.29, 1.82) is 0 Å². The van der Waals surface area contributed by atoms with E-state index < -0.39 is 43.4 Å². The highest BCUT2D eigenvalue weighted by Gasteiger charge is 2.44. The molecule has 1 heterocycles. The second kappa shape index (κ2) is 33.3. The fourth-order valence-corrected chi connectivity index (χ4v) is 5.82. The Balaban J connectivity index is 2.33. The molecule has 0 aromatic carbocycles. The lowest BCUT2D eigenvalue weighted by molar-refractivity contribution is -0.305. The highest BCUT2D eigenvalue weighted by Crippen LogP contribution is 2.22. The molecule has 9 nitrogen and oxygen atoms in total. The monoisotopic (exact) mass is 711 g/mol. The van der Waals surface area contributed by atoms with Gasteiger partial charge in [-0.3, -0.25) is 4.79 Å². The molecule has 6 atom stereocenters. The van der Waals surface area contributed by atoms with Gasteiger partial charge in [0.25, 0.3) is 0 Å². The van der Waals surface area contributed by atoms with Crippen molar-refractivity contribution in [3.63, 3.8) is 0 Å². The first-order chi connectivity index (χ1) is 24.4. The molecule has 1 rings (SSSR count). The Hall–Kier alpha value is -1.59. The average Bonchev–Trinajstić information content (AvgIpc) is 3.11. The Morgan fingerprint density at radius 3 is 1.82 bits per heavy atom. The molecule has 4 N–H and O–H groups in total. The first-order valence-electron chi connectivity index (χ1n) is 20.1. The Bertz CT molecular complexity index is 859. The van der Waals surface area contributed by atoms with E-state index in [0.717, 1.165) is 77.0 Å². The molecule has 6 unspecified atom stereocenters. The SMILES string of the molecule is CCC/C=C\C/C=C\CCCCCCCC(=O)OC(COCCCCCCCC/C=C\CCCCCC)COC1OC(CO)C(O)C(O)C1O. The number of esters is 1. The van der Waals surface area contributed by atoms with Gasteiger partial charge in [-0.1, -0.05) is 121 Å². The summed E-state index contributed by atoms with van der Waals surface area (Å²) in [5.74, 6) is -0.332. The van der Waals surface area contributed by atoms with Crippen LogP contribution in [-0.2, 0) is 23.7 Å². The number of carbonyl (C=O) groups is 1. The van der Waals surface area contributed by atoms with Gasteiger partial charge in [-0.2, -0.15) is 0 Å². The van der Waals surface area contributed by atoms with Crippen molar-refractivity contribution < 1.29 is 44.2 Å². The van der Waals surface area contributed by atoms with Crippen molar-refractivity contribution in [2.45, 2.75) is 192 Å². The van der Waals surface area contributed by atoms with Gasteiger partial charge >= 0.3 is 5.97 Å². The molecule has 0 saturated carbocycles. The summed E-state index contributed by atoms with van der Waals surface area (Å²) in [5.41, 5.74) is 0. The van der Waals surface area contributed by atoms with Crippen molar-refractivity contribution in [1.82, 2.24) is 0 Å². The third-order valence-corrected chi connectivity index (χ3v) is 9.01. The summed E-state index contributed by atoms with van der Waals surface area (Å²) in [6, 6.07) is 0. The number of carbonyl (C=O) groups excluding carboxylic acids is 1. The minimum Gasteiger partial charge on any atom is -0.457 e. The molecule has 1 fully saturated rings. The van der Waals surface area contributed by atoms with Crippen molar-refractivity contribution in [3.05, 3.63) is 36.5 Å². The number of allylic oxidation sites excluding steroid dienone is 6. The quantitative estimate of drug-likeness (QED) is 0.0303. The standard InChI is InChI=1S/C41H74O9/c1-3-5-7-9-11-13-15-17-19-21-23-25-27-29-31-47-33-35(34-48-41-40(46)39(45)38(44)36(32-42)50-41)49-37(43)30-28-26-24-22-20-18-16-14-12-10-8-6-4-2/h8,10,13-16,35-36,38-42,44-46H,3-7,9,11-12,17-34H2,1-2H3/b10-8-,15-13-,16-14-. The zero-order valence-corrected chi connectivity index (χ0v) is 31.6. The molecule has 0 spiro atoms. The van der Waals surface area contributed by atoms with E-state index in [2.05, 4.69) is 50.3 Å². The number of aliphatic hydroxyl groups excluding tert-OH is 4. The van der Waals surface area contributed by atoms with Gasteiger partial charge in [0.1, 0.15) is 30.5 Å². The molecule has 50 heavy (non-hydrogen) atoms. The van der Waals surface area contributed by atoms with Crippen LogP contribution in [0.2, 0.25) is 0 Å². The molecular formula is C41H74O9. The minimum atomic E-state index is -1.54. The van der Waals surface area contributed by atoms with E-state index in [1.165, 1.54) is 57.8 Å². The first kappa shape index (κ1) is 46.4. The first-order valence-corrected chi connectivity index (χ1v) is 20.1. The molecule has 9 heteroatoms. The summed E-state index contributed by atoms with van der Waals surface area (Å²) in [6.45, 7) is 4.43. The van der Waals surface area contributed by atoms with Crippen LogP contribution in [0.15, 0.2) is 36.5 Å². The van der Waals surface area contributed by atoms with E-state index in [0.29, 0.717) is 13.0 Å². The van der Waals surface area contributed by atoms with Gasteiger partial charge in [0.2, 0.25) is 0 Å². The summed E-state index contributed by atoms with van der Waals surface area (Å²) >= 11 is 0. The summed E-state index contributed by atoms with van der Waals surface area (Å²) in [4.78, 5) is 12.7. The largest absolute Gasteiger partial charge is 0.457 e. The molecule has 1 saturated heterocycles. The fourth-order valence-electron chi connectivity index (χ4n) is 5.82. The summed E-state index contributed by atoms with van der Waals surface area (Å²) in [5, 5.41) is 40.0. The van der Waals surface area contributed by atoms with Crippen molar-refractivity contribution in [3.8, 4) is 0 Å². The smallest absolute Gasteiger partial charge is 0.306 e. The second-order valence-corrected chi connectivity index (χ2v) is 13.7. The average molecular weight is 711 g/mol. The van der Waals surface area contributed by atoms with E-state index in [-0.39, 0.29) is 19.2 Å². The normalized spacial score (nSPS) is 21.9. The van der Waals surface area contributed by atoms with Gasteiger partial charge in [0, 0.05) is 13.0 Å². The third kappa shape index (κ3) is 24.6. The molecule has 1 aliphatic heterocycles. The Morgan fingerprint density at radius 1 is 0.640 bits per heavy atom. The molecule has 0 bridgehead atoms. The minimum absolute atomic E-state index is 0.121. The van der Waals surface area contributed by atoms with Gasteiger partial charge in [-0.25, -0.2) is 0 Å². The van der Waals surface area contributed by atoms with Crippen molar-refractivity contribution >= 4 is 5.97 Å². The van der Waals surface area contributed by atoms with Crippen LogP contribution in [0.3, 0.4) is 0 Å². The molecule has 0 aromatic rings. The fraction of sp³-hybridized carbons (Fsp3) is 0.829. The lowest BCUT2D eigenvalue weighted by Gasteiger charge is -2.39. The summed E-state index contributed by atoms with van der Waals surface area (Å²) in [7, 11) is 0. The van der Waals surface area contributed by atoms with Crippen LogP contribution in [0.5, 0.6) is 0 Å². The summed E-state index contributed by atoms with van der Waals surface area (Å²) in [6.07, 6.45) is 30.2. The van der Waals surface area contributed by atoms with Crippen LogP contribution in [0.4, 0.5) is 0 Å². The van der Waals surface area contributed by atoms with Gasteiger partial charge in [-0.15, -0.1) is 0 Å². The maximum Gasteiger partial charge on any atom is 0.306 e. The van der Waals surface area contributed by atoms with Gasteiger partial charge in [0.15, 0.2) is 6.29 Å². The highest BCUT2D eigenvalue weighted by molar-refractivity contribution is 5.69. The maximum atomic E-state index is 12.7. The number of aliphatic hydroxyl groups is 4. The van der Waals surface area contributed by atoms with Gasteiger partial charge in [-0.05, 0) is 64.2 Å². The van der Waals surface area contributed by atoms with Gasteiger partial charge in [0.05, 0.1) is 19.8 Å². The van der Waals surface area contributed by atoms with Crippen molar-refractivity contribution in [2.75, 3.05) is 26.4 Å². The van der Waals surface area contributed by atoms with Gasteiger partial charge < -0.3 is 39.4 Å². The number of unbranched alkanes of at least 4 members (excludes halogenated alkanes) is 16. The number of rotatable bonds is 33. The number of hydrogen-bond acceptors (Lipinski definition) is 9. The van der Waals surface area contributed by atoms with E-state index >= 15 is 0 Å². The van der Waals surface area contributed by atoms with Crippen molar-refractivity contribution in [2.24, 2.45) is 0 Å². The zero-order valence-electron chi connectivity index (χ0n) is 31.6. The molecule has 292 valence electrons. The molecule has 1 aliphatic rings. The Labute approximate surface area is 304 Å². The second-order valence-electron chi connectivity index (χ2n) is 13.7. The van der Waals surface area contributed by atoms with E-state index in [9.17, 15) is 25.2 Å². The summed E-state index contributed by atoms with van der Waals surface area (Å²) < 4.78 is 22.7. The maximum absolute atomic E-state index is 12.7. The molecule has 0 aliphatic carbocycles. The lowest BCUT2D eigenvalue weighted by atomic mass is 9.99. The number of ether oxygens (including phenoxy) is 4. The van der Waals surface area contributed by atoms with E-state index in [1.807, 2.05) is 0 Å².